The van der Waals surface area contributed by atoms with Crippen molar-refractivity contribution in [1.29, 1.82) is 0 Å². The summed E-state index contributed by atoms with van der Waals surface area (Å²) in [6, 6.07) is 20.6. The van der Waals surface area contributed by atoms with Crippen molar-refractivity contribution in [3.63, 3.8) is 0 Å². The second-order valence-electron chi connectivity index (χ2n) is 6.90. The van der Waals surface area contributed by atoms with Gasteiger partial charge in [-0.1, -0.05) is 42.0 Å². The van der Waals surface area contributed by atoms with E-state index in [1.165, 1.54) is 40.6 Å². The Hall–Kier alpha value is -2.06. The SMILES string of the molecule is Cc1ccc2c(c1)cc1n2CC(N(C)Cc2ccccc2)CC1. The highest BCUT2D eigenvalue weighted by molar-refractivity contribution is 5.82. The quantitative estimate of drug-likeness (QED) is 0.696. The lowest BCUT2D eigenvalue weighted by atomic mass is 10.0. The first-order valence-electron chi connectivity index (χ1n) is 8.53. The Labute approximate surface area is 138 Å². The maximum Gasteiger partial charge on any atom is 0.0483 e. The molecule has 118 valence electrons. The topological polar surface area (TPSA) is 8.17 Å². The van der Waals surface area contributed by atoms with Crippen molar-refractivity contribution in [2.75, 3.05) is 7.05 Å². The Morgan fingerprint density at radius 2 is 1.91 bits per heavy atom. The van der Waals surface area contributed by atoms with Gasteiger partial charge >= 0.3 is 0 Å². The van der Waals surface area contributed by atoms with Crippen LogP contribution in [0, 0.1) is 6.92 Å². The first-order chi connectivity index (χ1) is 11.2. The zero-order chi connectivity index (χ0) is 15.8. The molecule has 1 atom stereocenters. The molecule has 0 saturated heterocycles. The molecule has 0 fully saturated rings. The molecule has 0 saturated carbocycles. The van der Waals surface area contributed by atoms with Gasteiger partial charge in [0.1, 0.15) is 0 Å². The van der Waals surface area contributed by atoms with E-state index in [1.807, 2.05) is 0 Å². The molecule has 23 heavy (non-hydrogen) atoms. The maximum absolute atomic E-state index is 2.53. The van der Waals surface area contributed by atoms with Crippen LogP contribution >= 0.6 is 0 Å². The van der Waals surface area contributed by atoms with E-state index < -0.39 is 0 Å². The molecule has 3 aromatic rings. The Morgan fingerprint density at radius 1 is 1.09 bits per heavy atom. The summed E-state index contributed by atoms with van der Waals surface area (Å²) >= 11 is 0. The lowest BCUT2D eigenvalue weighted by Crippen LogP contribution is -2.38. The number of nitrogens with zero attached hydrogens (tertiary/aromatic N) is 2. The molecule has 4 rings (SSSR count). The highest BCUT2D eigenvalue weighted by Crippen LogP contribution is 2.28. The van der Waals surface area contributed by atoms with Gasteiger partial charge in [-0.3, -0.25) is 4.90 Å². The van der Waals surface area contributed by atoms with Gasteiger partial charge in [0.15, 0.2) is 0 Å². The number of aromatic nitrogens is 1. The second kappa shape index (κ2) is 5.86. The standard InChI is InChI=1S/C21H24N2/c1-16-8-11-21-18(12-16)13-19-9-10-20(15-23(19)21)22(2)14-17-6-4-3-5-7-17/h3-8,11-13,20H,9-10,14-15H2,1-2H3. The second-order valence-corrected chi connectivity index (χ2v) is 6.90. The summed E-state index contributed by atoms with van der Waals surface area (Å²) in [6.07, 6.45) is 2.43. The fraction of sp³-hybridized carbons (Fsp3) is 0.333. The van der Waals surface area contributed by atoms with Crippen molar-refractivity contribution in [2.24, 2.45) is 0 Å². The average molecular weight is 304 g/mol. The molecule has 0 aliphatic carbocycles. The molecular weight excluding hydrogens is 280 g/mol. The van der Waals surface area contributed by atoms with Crippen molar-refractivity contribution in [2.45, 2.75) is 38.9 Å². The van der Waals surface area contributed by atoms with E-state index in [4.69, 9.17) is 0 Å². The third-order valence-corrected chi connectivity index (χ3v) is 5.17. The highest BCUT2D eigenvalue weighted by atomic mass is 15.2. The molecular formula is C21H24N2. The highest BCUT2D eigenvalue weighted by Gasteiger charge is 2.23. The summed E-state index contributed by atoms with van der Waals surface area (Å²) in [6.45, 7) is 4.30. The van der Waals surface area contributed by atoms with Gasteiger partial charge in [0.05, 0.1) is 0 Å². The molecule has 1 aromatic heterocycles. The predicted molar refractivity (Wildman–Crippen MR) is 96.7 cm³/mol. The molecule has 0 bridgehead atoms. The summed E-state index contributed by atoms with van der Waals surface area (Å²) in [5.41, 5.74) is 5.63. The lowest BCUT2D eigenvalue weighted by molar-refractivity contribution is 0.188. The van der Waals surface area contributed by atoms with Gasteiger partial charge in [-0.15, -0.1) is 0 Å². The van der Waals surface area contributed by atoms with Crippen LogP contribution in [0.3, 0.4) is 0 Å². The zero-order valence-corrected chi connectivity index (χ0v) is 14.0. The molecule has 1 aliphatic rings. The molecule has 0 N–H and O–H groups in total. The number of hydrogen-bond donors (Lipinski definition) is 0. The van der Waals surface area contributed by atoms with Gasteiger partial charge in [0.25, 0.3) is 0 Å². The van der Waals surface area contributed by atoms with Crippen LogP contribution in [-0.2, 0) is 19.5 Å². The Balaban J connectivity index is 1.57. The van der Waals surface area contributed by atoms with E-state index in [-0.39, 0.29) is 0 Å². The number of aryl methyl sites for hydroxylation is 2. The minimum absolute atomic E-state index is 0.611. The van der Waals surface area contributed by atoms with Gasteiger partial charge in [-0.25, -0.2) is 0 Å². The summed E-state index contributed by atoms with van der Waals surface area (Å²) in [4.78, 5) is 2.51. The van der Waals surface area contributed by atoms with Crippen LogP contribution in [0.15, 0.2) is 54.6 Å². The van der Waals surface area contributed by atoms with Gasteiger partial charge < -0.3 is 4.57 Å². The van der Waals surface area contributed by atoms with Crippen LogP contribution in [0.2, 0.25) is 0 Å². The van der Waals surface area contributed by atoms with Crippen LogP contribution < -0.4 is 0 Å². The summed E-state index contributed by atoms with van der Waals surface area (Å²) < 4.78 is 2.53. The van der Waals surface area contributed by atoms with Crippen molar-refractivity contribution in [3.8, 4) is 0 Å². The largest absolute Gasteiger partial charge is 0.343 e. The molecule has 0 radical (unpaired) electrons. The smallest absolute Gasteiger partial charge is 0.0483 e. The zero-order valence-electron chi connectivity index (χ0n) is 14.0. The van der Waals surface area contributed by atoms with Gasteiger partial charge in [0.2, 0.25) is 0 Å². The van der Waals surface area contributed by atoms with Crippen LogP contribution in [0.4, 0.5) is 0 Å². The van der Waals surface area contributed by atoms with Crippen LogP contribution in [-0.4, -0.2) is 22.6 Å². The van der Waals surface area contributed by atoms with Crippen molar-refractivity contribution in [3.05, 3.63) is 71.4 Å². The number of benzene rings is 2. The van der Waals surface area contributed by atoms with Gasteiger partial charge in [-0.2, -0.15) is 0 Å². The number of rotatable bonds is 3. The molecule has 1 aliphatic heterocycles. The minimum atomic E-state index is 0.611. The molecule has 2 nitrogen and oxygen atoms in total. The molecule has 1 unspecified atom stereocenters. The third-order valence-electron chi connectivity index (χ3n) is 5.17. The van der Waals surface area contributed by atoms with Crippen LogP contribution in [0.25, 0.3) is 10.9 Å². The van der Waals surface area contributed by atoms with E-state index in [0.29, 0.717) is 6.04 Å². The predicted octanol–water partition coefficient (Wildman–Crippen LogP) is 4.40. The average Bonchev–Trinajstić information content (AvgIpc) is 2.92. The van der Waals surface area contributed by atoms with E-state index in [9.17, 15) is 0 Å². The first-order valence-corrected chi connectivity index (χ1v) is 8.53. The van der Waals surface area contributed by atoms with E-state index in [1.54, 1.807) is 0 Å². The Bertz CT molecular complexity index is 816. The Morgan fingerprint density at radius 3 is 2.74 bits per heavy atom. The van der Waals surface area contributed by atoms with Gasteiger partial charge in [-0.05, 0) is 50.6 Å². The molecule has 2 aromatic carbocycles. The van der Waals surface area contributed by atoms with E-state index >= 15 is 0 Å². The van der Waals surface area contributed by atoms with Crippen molar-refractivity contribution in [1.82, 2.24) is 9.47 Å². The molecule has 2 heterocycles. The summed E-state index contributed by atoms with van der Waals surface area (Å²) in [7, 11) is 2.26. The maximum atomic E-state index is 2.53. The van der Waals surface area contributed by atoms with E-state index in [0.717, 1.165) is 13.1 Å². The van der Waals surface area contributed by atoms with Crippen LogP contribution in [0.1, 0.15) is 23.2 Å². The fourth-order valence-corrected chi connectivity index (χ4v) is 3.85. The van der Waals surface area contributed by atoms with Gasteiger partial charge in [0, 0.05) is 35.7 Å². The van der Waals surface area contributed by atoms with Crippen molar-refractivity contribution >= 4 is 10.9 Å². The minimum Gasteiger partial charge on any atom is -0.343 e. The molecule has 0 amide bonds. The summed E-state index contributed by atoms with van der Waals surface area (Å²) in [5, 5.41) is 1.39. The fourth-order valence-electron chi connectivity index (χ4n) is 3.85. The third kappa shape index (κ3) is 2.79. The van der Waals surface area contributed by atoms with Crippen molar-refractivity contribution < 1.29 is 0 Å². The number of likely N-dealkylation sites (N-methyl/N-ethyl adjacent to an activating group) is 1. The first kappa shape index (κ1) is 14.5. The Kier molecular flexibility index (Phi) is 3.70. The number of hydrogen-bond acceptors (Lipinski definition) is 1. The number of fused-ring (bicyclic) bond motifs is 3. The molecule has 0 spiro atoms. The summed E-state index contributed by atoms with van der Waals surface area (Å²) in [5.74, 6) is 0. The van der Waals surface area contributed by atoms with Crippen LogP contribution in [0.5, 0.6) is 0 Å². The normalized spacial score (nSPS) is 17.6. The monoisotopic (exact) mass is 304 g/mol. The van der Waals surface area contributed by atoms with E-state index in [2.05, 4.69) is 78.0 Å². The molecule has 2 heteroatoms. The lowest BCUT2D eigenvalue weighted by Gasteiger charge is -2.33.